The van der Waals surface area contributed by atoms with Crippen LogP contribution in [0.25, 0.3) is 11.2 Å². The molecular formula is C17H24ClN3. The van der Waals surface area contributed by atoms with E-state index in [1.54, 1.807) is 0 Å². The van der Waals surface area contributed by atoms with E-state index in [0.29, 0.717) is 0 Å². The normalized spacial score (nSPS) is 18.2. The zero-order valence-corrected chi connectivity index (χ0v) is 13.7. The van der Waals surface area contributed by atoms with Crippen molar-refractivity contribution in [1.29, 1.82) is 0 Å². The third kappa shape index (κ3) is 3.23. The number of hydrogen-bond donors (Lipinski definition) is 0. The molecule has 2 aromatic rings. The Kier molecular flexibility index (Phi) is 4.48. The van der Waals surface area contributed by atoms with Gasteiger partial charge in [0.2, 0.25) is 0 Å². The fourth-order valence-corrected chi connectivity index (χ4v) is 3.59. The fourth-order valence-electron chi connectivity index (χ4n) is 3.43. The molecule has 1 unspecified atom stereocenters. The van der Waals surface area contributed by atoms with E-state index in [1.165, 1.54) is 38.5 Å². The van der Waals surface area contributed by atoms with Crippen LogP contribution in [0.4, 0.5) is 0 Å². The van der Waals surface area contributed by atoms with Crippen molar-refractivity contribution in [3.63, 3.8) is 0 Å². The first kappa shape index (κ1) is 14.8. The number of aryl methyl sites for hydroxylation is 2. The molecule has 4 heteroatoms. The summed E-state index contributed by atoms with van der Waals surface area (Å²) in [5.74, 6) is 1.82. The van der Waals surface area contributed by atoms with Gasteiger partial charge in [-0.05, 0) is 38.3 Å². The molecule has 1 atom stereocenters. The van der Waals surface area contributed by atoms with Crippen LogP contribution in [0.5, 0.6) is 0 Å². The molecule has 0 aliphatic heterocycles. The summed E-state index contributed by atoms with van der Waals surface area (Å²) in [6.07, 6.45) is 8.18. The highest BCUT2D eigenvalue weighted by molar-refractivity contribution is 6.20. The molecule has 0 radical (unpaired) electrons. The number of halogens is 1. The third-order valence-corrected chi connectivity index (χ3v) is 4.80. The lowest BCUT2D eigenvalue weighted by molar-refractivity contribution is 0.323. The van der Waals surface area contributed by atoms with Crippen molar-refractivity contribution in [3.05, 3.63) is 23.7 Å². The van der Waals surface area contributed by atoms with Crippen LogP contribution in [-0.4, -0.2) is 14.5 Å². The summed E-state index contributed by atoms with van der Waals surface area (Å²) in [5, 5.41) is -0.0779. The van der Waals surface area contributed by atoms with Crippen LogP contribution >= 0.6 is 11.6 Å². The van der Waals surface area contributed by atoms with Gasteiger partial charge in [-0.15, -0.1) is 11.6 Å². The van der Waals surface area contributed by atoms with E-state index in [2.05, 4.69) is 20.6 Å². The summed E-state index contributed by atoms with van der Waals surface area (Å²) in [5.41, 5.74) is 3.00. The topological polar surface area (TPSA) is 30.7 Å². The van der Waals surface area contributed by atoms with Crippen molar-refractivity contribution in [3.8, 4) is 0 Å². The molecule has 2 heterocycles. The van der Waals surface area contributed by atoms with Gasteiger partial charge >= 0.3 is 0 Å². The zero-order valence-electron chi connectivity index (χ0n) is 13.0. The first-order valence-corrected chi connectivity index (χ1v) is 8.56. The molecule has 1 fully saturated rings. The van der Waals surface area contributed by atoms with Crippen LogP contribution in [0, 0.1) is 12.8 Å². The second-order valence-corrected chi connectivity index (χ2v) is 6.98. The Bertz CT molecular complexity index is 612. The quantitative estimate of drug-likeness (QED) is 0.743. The van der Waals surface area contributed by atoms with Gasteiger partial charge in [-0.3, -0.25) is 0 Å². The molecule has 1 aliphatic carbocycles. The molecule has 0 saturated heterocycles. The lowest BCUT2D eigenvalue weighted by Gasteiger charge is -2.22. The largest absolute Gasteiger partial charge is 0.311 e. The van der Waals surface area contributed by atoms with Gasteiger partial charge in [0, 0.05) is 12.2 Å². The van der Waals surface area contributed by atoms with Gasteiger partial charge in [0.05, 0.1) is 5.38 Å². The van der Waals surface area contributed by atoms with E-state index >= 15 is 0 Å². The van der Waals surface area contributed by atoms with E-state index < -0.39 is 0 Å². The van der Waals surface area contributed by atoms with Crippen LogP contribution in [0.3, 0.4) is 0 Å². The van der Waals surface area contributed by atoms with Crippen LogP contribution in [0.2, 0.25) is 0 Å². The van der Waals surface area contributed by atoms with Crippen molar-refractivity contribution in [2.75, 3.05) is 0 Å². The second kappa shape index (κ2) is 6.35. The van der Waals surface area contributed by atoms with Gasteiger partial charge in [0.1, 0.15) is 11.3 Å². The highest BCUT2D eigenvalue weighted by Crippen LogP contribution is 2.29. The summed E-state index contributed by atoms with van der Waals surface area (Å²) < 4.78 is 2.24. The summed E-state index contributed by atoms with van der Waals surface area (Å²) >= 11 is 6.33. The second-order valence-electron chi connectivity index (χ2n) is 6.33. The van der Waals surface area contributed by atoms with E-state index in [1.807, 2.05) is 19.9 Å². The first-order chi connectivity index (χ1) is 10.1. The molecule has 1 saturated carbocycles. The number of pyridine rings is 1. The van der Waals surface area contributed by atoms with Crippen LogP contribution in [0.1, 0.15) is 62.3 Å². The minimum Gasteiger partial charge on any atom is -0.311 e. The number of fused-ring (bicyclic) bond motifs is 1. The summed E-state index contributed by atoms with van der Waals surface area (Å²) in [6, 6.07) is 4.07. The van der Waals surface area contributed by atoms with Crippen LogP contribution in [-0.2, 0) is 6.54 Å². The highest BCUT2D eigenvalue weighted by atomic mass is 35.5. The molecule has 0 bridgehead atoms. The van der Waals surface area contributed by atoms with Gasteiger partial charge in [-0.25, -0.2) is 9.97 Å². The van der Waals surface area contributed by atoms with Gasteiger partial charge in [0.25, 0.3) is 0 Å². The van der Waals surface area contributed by atoms with Crippen molar-refractivity contribution in [2.45, 2.75) is 64.3 Å². The van der Waals surface area contributed by atoms with Crippen molar-refractivity contribution in [2.24, 2.45) is 5.92 Å². The Labute approximate surface area is 131 Å². The maximum absolute atomic E-state index is 6.33. The number of hydrogen-bond acceptors (Lipinski definition) is 2. The smallest absolute Gasteiger partial charge is 0.160 e. The molecular weight excluding hydrogens is 282 g/mol. The standard InChI is InChI=1S/C17H24ClN3/c1-12-8-9-15-17(19-12)21(16(20-15)13(2)18)11-10-14-6-4-3-5-7-14/h8-9,13-14H,3-7,10-11H2,1-2H3. The Balaban J connectivity index is 1.87. The Morgan fingerprint density at radius 2 is 2.00 bits per heavy atom. The van der Waals surface area contributed by atoms with Crippen LogP contribution < -0.4 is 0 Å². The predicted molar refractivity (Wildman–Crippen MR) is 87.7 cm³/mol. The third-order valence-electron chi connectivity index (χ3n) is 4.60. The minimum atomic E-state index is -0.0779. The fraction of sp³-hybridized carbons (Fsp3) is 0.647. The highest BCUT2D eigenvalue weighted by Gasteiger charge is 2.18. The molecule has 0 amide bonds. The Morgan fingerprint density at radius 3 is 2.71 bits per heavy atom. The number of alkyl halides is 1. The summed E-state index contributed by atoms with van der Waals surface area (Å²) in [6.45, 7) is 5.01. The predicted octanol–water partition coefficient (Wildman–Crippen LogP) is 5.01. The maximum Gasteiger partial charge on any atom is 0.160 e. The first-order valence-electron chi connectivity index (χ1n) is 8.13. The monoisotopic (exact) mass is 305 g/mol. The lowest BCUT2D eigenvalue weighted by atomic mass is 9.87. The Hall–Kier alpha value is -1.09. The molecule has 0 N–H and O–H groups in total. The van der Waals surface area contributed by atoms with Crippen molar-refractivity contribution in [1.82, 2.24) is 14.5 Å². The van der Waals surface area contributed by atoms with Gasteiger partial charge < -0.3 is 4.57 Å². The number of rotatable bonds is 4. The molecule has 1 aliphatic rings. The Morgan fingerprint density at radius 1 is 1.24 bits per heavy atom. The van der Waals surface area contributed by atoms with E-state index in [0.717, 1.165) is 35.1 Å². The summed E-state index contributed by atoms with van der Waals surface area (Å²) in [4.78, 5) is 9.37. The van der Waals surface area contributed by atoms with Gasteiger partial charge in [-0.1, -0.05) is 32.1 Å². The maximum atomic E-state index is 6.33. The van der Waals surface area contributed by atoms with E-state index in [-0.39, 0.29) is 5.38 Å². The van der Waals surface area contributed by atoms with Gasteiger partial charge in [-0.2, -0.15) is 0 Å². The molecule has 3 nitrogen and oxygen atoms in total. The number of imidazole rings is 1. The average molecular weight is 306 g/mol. The summed E-state index contributed by atoms with van der Waals surface area (Å²) in [7, 11) is 0. The molecule has 114 valence electrons. The molecule has 0 aromatic carbocycles. The molecule has 0 spiro atoms. The average Bonchev–Trinajstić information content (AvgIpc) is 2.84. The molecule has 3 rings (SSSR count). The number of aromatic nitrogens is 3. The van der Waals surface area contributed by atoms with Crippen LogP contribution in [0.15, 0.2) is 12.1 Å². The zero-order chi connectivity index (χ0) is 14.8. The minimum absolute atomic E-state index is 0.0779. The van der Waals surface area contributed by atoms with E-state index in [4.69, 9.17) is 11.6 Å². The van der Waals surface area contributed by atoms with Gasteiger partial charge in [0.15, 0.2) is 5.65 Å². The number of nitrogens with zero attached hydrogens (tertiary/aromatic N) is 3. The SMILES string of the molecule is Cc1ccc2nc(C(C)Cl)n(CCC3CCCCC3)c2n1. The molecule has 21 heavy (non-hydrogen) atoms. The lowest BCUT2D eigenvalue weighted by Crippen LogP contribution is -2.12. The van der Waals surface area contributed by atoms with E-state index in [9.17, 15) is 0 Å². The van der Waals surface area contributed by atoms with Crippen molar-refractivity contribution < 1.29 is 0 Å². The molecule has 2 aromatic heterocycles. The van der Waals surface area contributed by atoms with Crippen molar-refractivity contribution >= 4 is 22.8 Å².